The van der Waals surface area contributed by atoms with Crippen LogP contribution < -0.4 is 0 Å². The molecule has 16 heavy (non-hydrogen) atoms. The minimum absolute atomic E-state index is 0.163. The Kier molecular flexibility index (Phi) is 6.74. The van der Waals surface area contributed by atoms with Gasteiger partial charge in [-0.2, -0.15) is 0 Å². The van der Waals surface area contributed by atoms with Crippen molar-refractivity contribution >= 4 is 12.2 Å². The van der Waals surface area contributed by atoms with Gasteiger partial charge < -0.3 is 19.3 Å². The van der Waals surface area contributed by atoms with Crippen molar-refractivity contribution < 1.29 is 19.1 Å². The maximum atomic E-state index is 11.0. The highest BCUT2D eigenvalue weighted by molar-refractivity contribution is 5.67. The van der Waals surface area contributed by atoms with E-state index in [4.69, 9.17) is 9.47 Å². The second-order valence-corrected chi connectivity index (χ2v) is 3.41. The van der Waals surface area contributed by atoms with Crippen LogP contribution in [0.25, 0.3) is 0 Å². The van der Waals surface area contributed by atoms with Crippen LogP contribution in [0.2, 0.25) is 0 Å². The molecule has 0 radical (unpaired) electrons. The van der Waals surface area contributed by atoms with Crippen molar-refractivity contribution in [2.24, 2.45) is 0 Å². The monoisotopic (exact) mass is 230 g/mol. The van der Waals surface area contributed by atoms with Crippen molar-refractivity contribution in [3.05, 3.63) is 12.2 Å². The number of carbonyl (C=O) groups excluding carboxylic acids is 2. The lowest BCUT2D eigenvalue weighted by Crippen LogP contribution is -2.23. The van der Waals surface area contributed by atoms with Crippen molar-refractivity contribution in [1.82, 2.24) is 9.80 Å². The third-order valence-corrected chi connectivity index (χ3v) is 1.50. The topological polar surface area (TPSA) is 59.1 Å². The Hall–Kier alpha value is -1.72. The summed E-state index contributed by atoms with van der Waals surface area (Å²) in [5, 5.41) is 0. The molecule has 0 aliphatic heterocycles. The van der Waals surface area contributed by atoms with Gasteiger partial charge in [-0.3, -0.25) is 0 Å². The summed E-state index contributed by atoms with van der Waals surface area (Å²) in [5.74, 6) is 0. The molecular weight excluding hydrogens is 212 g/mol. The fourth-order valence-electron chi connectivity index (χ4n) is 0.633. The zero-order valence-electron chi connectivity index (χ0n) is 10.1. The second-order valence-electron chi connectivity index (χ2n) is 3.41. The Morgan fingerprint density at radius 2 is 1.19 bits per heavy atom. The van der Waals surface area contributed by atoms with Gasteiger partial charge >= 0.3 is 12.2 Å². The lowest BCUT2D eigenvalue weighted by Gasteiger charge is -2.09. The van der Waals surface area contributed by atoms with Crippen LogP contribution in [-0.4, -0.2) is 63.4 Å². The maximum absolute atomic E-state index is 11.0. The molecule has 0 fully saturated rings. The highest BCUT2D eigenvalue weighted by Gasteiger charge is 2.02. The molecule has 0 aromatic heterocycles. The Morgan fingerprint density at radius 3 is 1.44 bits per heavy atom. The molecule has 0 N–H and O–H groups in total. The molecule has 0 spiro atoms. The summed E-state index contributed by atoms with van der Waals surface area (Å²) in [7, 11) is 6.41. The van der Waals surface area contributed by atoms with Gasteiger partial charge in [-0.1, -0.05) is 0 Å². The van der Waals surface area contributed by atoms with Crippen molar-refractivity contribution in [2.45, 2.75) is 0 Å². The van der Waals surface area contributed by atoms with Crippen molar-refractivity contribution in [1.29, 1.82) is 0 Å². The summed E-state index contributed by atoms with van der Waals surface area (Å²) >= 11 is 0. The van der Waals surface area contributed by atoms with E-state index in [2.05, 4.69) is 0 Å². The van der Waals surface area contributed by atoms with Crippen molar-refractivity contribution in [3.63, 3.8) is 0 Å². The predicted molar refractivity (Wildman–Crippen MR) is 59.2 cm³/mol. The first-order valence-corrected chi connectivity index (χ1v) is 4.78. The van der Waals surface area contributed by atoms with E-state index in [1.54, 1.807) is 40.3 Å². The number of hydrogen-bond donors (Lipinski definition) is 0. The van der Waals surface area contributed by atoms with Crippen LogP contribution in [0, 0.1) is 0 Å². The number of rotatable bonds is 4. The quantitative estimate of drug-likeness (QED) is 0.674. The van der Waals surface area contributed by atoms with Gasteiger partial charge in [0.2, 0.25) is 0 Å². The molecule has 0 unspecified atom stereocenters. The summed E-state index contributed by atoms with van der Waals surface area (Å²) in [6.45, 7) is 0.326. The lowest BCUT2D eigenvalue weighted by molar-refractivity contribution is 0.125. The van der Waals surface area contributed by atoms with Crippen LogP contribution in [0.5, 0.6) is 0 Å². The van der Waals surface area contributed by atoms with E-state index < -0.39 is 12.2 Å². The molecule has 2 amide bonds. The molecule has 0 aliphatic rings. The summed E-state index contributed by atoms with van der Waals surface area (Å²) < 4.78 is 9.61. The molecule has 0 saturated carbocycles. The Labute approximate surface area is 95.4 Å². The highest BCUT2D eigenvalue weighted by atomic mass is 16.6. The summed E-state index contributed by atoms with van der Waals surface area (Å²) in [4.78, 5) is 24.6. The van der Waals surface area contributed by atoms with E-state index in [1.165, 1.54) is 9.80 Å². The van der Waals surface area contributed by atoms with Crippen molar-refractivity contribution in [2.75, 3.05) is 41.4 Å². The minimum Gasteiger partial charge on any atom is -0.445 e. The molecule has 6 heteroatoms. The first-order chi connectivity index (χ1) is 7.45. The van der Waals surface area contributed by atoms with E-state index in [0.717, 1.165) is 0 Å². The number of nitrogens with zero attached hydrogens (tertiary/aromatic N) is 2. The summed E-state index contributed by atoms with van der Waals surface area (Å²) in [5.41, 5.74) is 0. The van der Waals surface area contributed by atoms with E-state index in [9.17, 15) is 9.59 Å². The third-order valence-electron chi connectivity index (χ3n) is 1.50. The molecule has 0 aliphatic carbocycles. The molecular formula is C10H18N2O4. The van der Waals surface area contributed by atoms with Gasteiger partial charge in [0.05, 0.1) is 0 Å². The normalized spacial score (nSPS) is 10.0. The predicted octanol–water partition coefficient (Wildman–Crippen LogP) is 0.939. The zero-order chi connectivity index (χ0) is 12.6. The third kappa shape index (κ3) is 6.69. The molecule has 0 bridgehead atoms. The summed E-state index contributed by atoms with van der Waals surface area (Å²) in [6, 6.07) is 0. The van der Waals surface area contributed by atoms with Gasteiger partial charge in [0.25, 0.3) is 0 Å². The first-order valence-electron chi connectivity index (χ1n) is 4.78. The van der Waals surface area contributed by atoms with E-state index >= 15 is 0 Å². The minimum atomic E-state index is -0.407. The van der Waals surface area contributed by atoms with Gasteiger partial charge in [0.1, 0.15) is 13.2 Å². The van der Waals surface area contributed by atoms with Gasteiger partial charge in [-0.25, -0.2) is 9.59 Å². The first kappa shape index (κ1) is 14.3. The molecule has 0 aromatic rings. The van der Waals surface area contributed by atoms with E-state index in [0.29, 0.717) is 0 Å². The fourth-order valence-corrected chi connectivity index (χ4v) is 0.633. The van der Waals surface area contributed by atoms with Crippen molar-refractivity contribution in [3.8, 4) is 0 Å². The average Bonchev–Trinajstić information content (AvgIpc) is 2.21. The molecule has 92 valence electrons. The molecule has 0 aromatic carbocycles. The standard InChI is InChI=1S/C10H18N2O4/c1-11(2)9(13)15-7-5-6-8-16-10(14)12(3)4/h5-6H,7-8H2,1-4H3/b6-5-. The molecule has 0 rings (SSSR count). The Bertz CT molecular complexity index is 236. The molecule has 0 heterocycles. The Morgan fingerprint density at radius 1 is 0.875 bits per heavy atom. The van der Waals surface area contributed by atoms with Crippen LogP contribution in [0.4, 0.5) is 9.59 Å². The number of hydrogen-bond acceptors (Lipinski definition) is 4. The van der Waals surface area contributed by atoms with Crippen LogP contribution in [-0.2, 0) is 9.47 Å². The number of carbonyl (C=O) groups is 2. The average molecular weight is 230 g/mol. The fraction of sp³-hybridized carbons (Fsp3) is 0.600. The smallest absolute Gasteiger partial charge is 0.409 e. The number of ether oxygens (including phenoxy) is 2. The lowest BCUT2D eigenvalue weighted by atomic mass is 10.5. The van der Waals surface area contributed by atoms with Gasteiger partial charge in [-0.15, -0.1) is 0 Å². The van der Waals surface area contributed by atoms with Gasteiger partial charge in [0.15, 0.2) is 0 Å². The zero-order valence-corrected chi connectivity index (χ0v) is 10.1. The second kappa shape index (κ2) is 7.56. The summed E-state index contributed by atoms with van der Waals surface area (Å²) in [6.07, 6.45) is 2.42. The highest BCUT2D eigenvalue weighted by Crippen LogP contribution is 1.88. The number of amides is 2. The molecule has 6 nitrogen and oxygen atoms in total. The largest absolute Gasteiger partial charge is 0.445 e. The van der Waals surface area contributed by atoms with Crippen LogP contribution in [0.1, 0.15) is 0 Å². The van der Waals surface area contributed by atoms with Gasteiger partial charge in [-0.05, 0) is 12.2 Å². The van der Waals surface area contributed by atoms with Gasteiger partial charge in [0, 0.05) is 28.2 Å². The van der Waals surface area contributed by atoms with Crippen LogP contribution >= 0.6 is 0 Å². The molecule has 0 saturated heterocycles. The Balaban J connectivity index is 3.56. The SMILES string of the molecule is CN(C)C(=O)OC/C=C\COC(=O)N(C)C. The van der Waals surface area contributed by atoms with E-state index in [1.807, 2.05) is 0 Å². The van der Waals surface area contributed by atoms with E-state index in [-0.39, 0.29) is 13.2 Å². The van der Waals surface area contributed by atoms with Crippen LogP contribution in [0.15, 0.2) is 12.2 Å². The van der Waals surface area contributed by atoms with Crippen LogP contribution in [0.3, 0.4) is 0 Å². The maximum Gasteiger partial charge on any atom is 0.409 e. The molecule has 0 atom stereocenters.